The fraction of sp³-hybridized carbons (Fsp3) is 0.0667. The minimum absolute atomic E-state index is 0.225. The number of hydrogen-bond donors (Lipinski definition) is 1. The summed E-state index contributed by atoms with van der Waals surface area (Å²) >= 11 is 6.64. The number of rotatable bonds is 2. The summed E-state index contributed by atoms with van der Waals surface area (Å²) in [5, 5.41) is 9.63. The van der Waals surface area contributed by atoms with Gasteiger partial charge in [0.15, 0.2) is 0 Å². The molecule has 0 amide bonds. The van der Waals surface area contributed by atoms with Crippen LogP contribution in [-0.2, 0) is 0 Å². The molecular weight excluding hydrogens is 356 g/mol. The summed E-state index contributed by atoms with van der Waals surface area (Å²) in [6, 6.07) is 12.1. The fourth-order valence-corrected chi connectivity index (χ4v) is 2.87. The molecule has 0 saturated heterocycles. The van der Waals surface area contributed by atoms with Crippen LogP contribution >= 0.6 is 31.9 Å². The molecule has 2 aromatic rings. The Morgan fingerprint density at radius 1 is 0.944 bits per heavy atom. The summed E-state index contributed by atoms with van der Waals surface area (Å²) in [4.78, 5) is 0. The molecule has 0 aliphatic heterocycles. The van der Waals surface area contributed by atoms with Crippen molar-refractivity contribution in [3.05, 3.63) is 62.0 Å². The van der Waals surface area contributed by atoms with E-state index in [1.54, 1.807) is 0 Å². The van der Waals surface area contributed by atoms with Crippen LogP contribution in [0.25, 0.3) is 12.2 Å². The molecule has 18 heavy (non-hydrogen) atoms. The Morgan fingerprint density at radius 3 is 2.17 bits per heavy atom. The largest absolute Gasteiger partial charge is 0.506 e. The molecule has 2 aromatic carbocycles. The highest BCUT2D eigenvalue weighted by Gasteiger charge is 2.03. The second-order valence-electron chi connectivity index (χ2n) is 4.08. The summed E-state index contributed by atoms with van der Waals surface area (Å²) in [6.07, 6.45) is 4.07. The van der Waals surface area contributed by atoms with Gasteiger partial charge in [0, 0.05) is 0 Å². The molecule has 1 nitrogen and oxygen atoms in total. The third-order valence-electron chi connectivity index (χ3n) is 2.55. The normalized spacial score (nSPS) is 11.1. The van der Waals surface area contributed by atoms with E-state index in [1.807, 2.05) is 24.3 Å². The summed E-state index contributed by atoms with van der Waals surface area (Å²) < 4.78 is 1.36. The standard InChI is InChI=1S/C15H12Br2O/c1-10-3-2-4-11(7-10)5-6-12-8-13(16)15(18)14(17)9-12/h2-9,18H,1H3/b6-5+. The molecule has 0 heterocycles. The first-order valence-corrected chi connectivity index (χ1v) is 7.07. The van der Waals surface area contributed by atoms with Crippen LogP contribution in [0, 0.1) is 6.92 Å². The lowest BCUT2D eigenvalue weighted by Gasteiger charge is -2.02. The van der Waals surface area contributed by atoms with Gasteiger partial charge in [-0.3, -0.25) is 0 Å². The molecule has 0 atom stereocenters. The van der Waals surface area contributed by atoms with Crippen molar-refractivity contribution in [1.29, 1.82) is 0 Å². The zero-order valence-electron chi connectivity index (χ0n) is 9.82. The van der Waals surface area contributed by atoms with Crippen LogP contribution in [0.3, 0.4) is 0 Å². The van der Waals surface area contributed by atoms with E-state index in [-0.39, 0.29) is 5.75 Å². The number of aryl methyl sites for hydroxylation is 1. The van der Waals surface area contributed by atoms with Gasteiger partial charge in [-0.15, -0.1) is 0 Å². The molecule has 2 rings (SSSR count). The van der Waals surface area contributed by atoms with E-state index >= 15 is 0 Å². The topological polar surface area (TPSA) is 20.2 Å². The van der Waals surface area contributed by atoms with Gasteiger partial charge < -0.3 is 5.11 Å². The van der Waals surface area contributed by atoms with Gasteiger partial charge in [0.25, 0.3) is 0 Å². The Morgan fingerprint density at radius 2 is 1.56 bits per heavy atom. The number of phenols is 1. The summed E-state index contributed by atoms with van der Waals surface area (Å²) in [7, 11) is 0. The Labute approximate surface area is 123 Å². The molecular formula is C15H12Br2O. The van der Waals surface area contributed by atoms with E-state index in [0.717, 1.165) is 11.1 Å². The maximum atomic E-state index is 9.63. The van der Waals surface area contributed by atoms with Gasteiger partial charge in [-0.1, -0.05) is 42.0 Å². The van der Waals surface area contributed by atoms with Crippen LogP contribution in [0.1, 0.15) is 16.7 Å². The van der Waals surface area contributed by atoms with Crippen molar-refractivity contribution in [3.8, 4) is 5.75 Å². The maximum Gasteiger partial charge on any atom is 0.143 e. The monoisotopic (exact) mass is 366 g/mol. The fourth-order valence-electron chi connectivity index (χ4n) is 1.65. The van der Waals surface area contributed by atoms with Gasteiger partial charge in [-0.2, -0.15) is 0 Å². The number of aromatic hydroxyl groups is 1. The molecule has 0 fully saturated rings. The van der Waals surface area contributed by atoms with Crippen molar-refractivity contribution >= 4 is 44.0 Å². The summed E-state index contributed by atoms with van der Waals surface area (Å²) in [5.74, 6) is 0.225. The molecule has 0 unspecified atom stereocenters. The highest BCUT2D eigenvalue weighted by atomic mass is 79.9. The third kappa shape index (κ3) is 3.24. The van der Waals surface area contributed by atoms with Gasteiger partial charge in [0.1, 0.15) is 5.75 Å². The lowest BCUT2D eigenvalue weighted by molar-refractivity contribution is 0.468. The van der Waals surface area contributed by atoms with E-state index in [0.29, 0.717) is 8.95 Å². The van der Waals surface area contributed by atoms with E-state index in [1.165, 1.54) is 5.56 Å². The van der Waals surface area contributed by atoms with Crippen LogP contribution < -0.4 is 0 Å². The number of benzene rings is 2. The average Bonchev–Trinajstić information content (AvgIpc) is 2.33. The van der Waals surface area contributed by atoms with E-state index in [9.17, 15) is 5.11 Å². The highest BCUT2D eigenvalue weighted by molar-refractivity contribution is 9.11. The molecule has 0 saturated carbocycles. The van der Waals surface area contributed by atoms with E-state index in [4.69, 9.17) is 0 Å². The SMILES string of the molecule is Cc1cccc(/C=C/c2cc(Br)c(O)c(Br)c2)c1. The van der Waals surface area contributed by atoms with Crippen LogP contribution in [-0.4, -0.2) is 5.11 Å². The molecule has 0 aromatic heterocycles. The van der Waals surface area contributed by atoms with Crippen molar-refractivity contribution in [2.24, 2.45) is 0 Å². The molecule has 92 valence electrons. The first kappa shape index (κ1) is 13.4. The van der Waals surface area contributed by atoms with Gasteiger partial charge in [-0.05, 0) is 62.0 Å². The zero-order valence-corrected chi connectivity index (χ0v) is 13.0. The highest BCUT2D eigenvalue weighted by Crippen LogP contribution is 2.33. The Hall–Kier alpha value is -1.06. The number of halogens is 2. The summed E-state index contributed by atoms with van der Waals surface area (Å²) in [6.45, 7) is 2.07. The first-order valence-electron chi connectivity index (χ1n) is 5.49. The van der Waals surface area contributed by atoms with Crippen LogP contribution in [0.4, 0.5) is 0 Å². The quantitative estimate of drug-likeness (QED) is 0.705. The van der Waals surface area contributed by atoms with Crippen LogP contribution in [0.5, 0.6) is 5.75 Å². The van der Waals surface area contributed by atoms with Crippen molar-refractivity contribution in [2.45, 2.75) is 6.92 Å². The maximum absolute atomic E-state index is 9.63. The van der Waals surface area contributed by atoms with Crippen molar-refractivity contribution in [3.63, 3.8) is 0 Å². The Balaban J connectivity index is 2.29. The second-order valence-corrected chi connectivity index (χ2v) is 5.79. The minimum atomic E-state index is 0.225. The lowest BCUT2D eigenvalue weighted by Crippen LogP contribution is -1.78. The molecule has 0 bridgehead atoms. The average molecular weight is 368 g/mol. The predicted octanol–water partition coefficient (Wildman–Crippen LogP) is 5.40. The van der Waals surface area contributed by atoms with Crippen LogP contribution in [0.15, 0.2) is 45.3 Å². The summed E-state index contributed by atoms with van der Waals surface area (Å²) in [5.41, 5.74) is 3.42. The van der Waals surface area contributed by atoms with E-state index < -0.39 is 0 Å². The first-order chi connectivity index (χ1) is 8.56. The molecule has 1 N–H and O–H groups in total. The molecule has 0 radical (unpaired) electrons. The smallest absolute Gasteiger partial charge is 0.143 e. The minimum Gasteiger partial charge on any atom is -0.506 e. The Kier molecular flexibility index (Phi) is 4.25. The molecule has 0 aliphatic rings. The van der Waals surface area contributed by atoms with Gasteiger partial charge >= 0.3 is 0 Å². The van der Waals surface area contributed by atoms with Crippen molar-refractivity contribution < 1.29 is 5.11 Å². The molecule has 0 aliphatic carbocycles. The lowest BCUT2D eigenvalue weighted by atomic mass is 10.1. The predicted molar refractivity (Wildman–Crippen MR) is 83.6 cm³/mol. The Bertz CT molecular complexity index is 580. The molecule has 0 spiro atoms. The van der Waals surface area contributed by atoms with Crippen LogP contribution in [0.2, 0.25) is 0 Å². The number of hydrogen-bond acceptors (Lipinski definition) is 1. The second kappa shape index (κ2) is 5.72. The van der Waals surface area contributed by atoms with Crippen molar-refractivity contribution in [2.75, 3.05) is 0 Å². The zero-order chi connectivity index (χ0) is 13.1. The van der Waals surface area contributed by atoms with E-state index in [2.05, 4.69) is 63.1 Å². The van der Waals surface area contributed by atoms with Crippen molar-refractivity contribution in [1.82, 2.24) is 0 Å². The van der Waals surface area contributed by atoms with Gasteiger partial charge in [0.05, 0.1) is 8.95 Å². The third-order valence-corrected chi connectivity index (χ3v) is 3.76. The van der Waals surface area contributed by atoms with Gasteiger partial charge in [0.2, 0.25) is 0 Å². The molecule has 3 heteroatoms. The van der Waals surface area contributed by atoms with Gasteiger partial charge in [-0.25, -0.2) is 0 Å². The number of phenolic OH excluding ortho intramolecular Hbond substituents is 1.